The molecule has 0 fully saturated rings. The molecule has 1 aliphatic rings. The molecule has 1 N–H and O–H groups in total. The molecule has 1 atom stereocenters. The van der Waals surface area contributed by atoms with Gasteiger partial charge in [0.05, 0.1) is 5.25 Å². The Hall–Kier alpha value is -1.49. The molecule has 5 heteroatoms. The summed E-state index contributed by atoms with van der Waals surface area (Å²) >= 11 is 1.67. The van der Waals surface area contributed by atoms with Gasteiger partial charge in [0.2, 0.25) is 11.8 Å². The Kier molecular flexibility index (Phi) is 6.31. The van der Waals surface area contributed by atoms with Crippen LogP contribution in [0.4, 0.5) is 0 Å². The highest BCUT2D eigenvalue weighted by atomic mass is 32.2. The number of hydrogen-bond donors (Lipinski definition) is 1. The minimum absolute atomic E-state index is 0.00102. The number of carbonyl (C=O) groups excluding carboxylic acids is 2. The first kappa shape index (κ1) is 16.9. The zero-order valence-electron chi connectivity index (χ0n) is 13.3. The maximum atomic E-state index is 12.5. The van der Waals surface area contributed by atoms with E-state index in [0.717, 1.165) is 31.7 Å². The Labute approximate surface area is 136 Å². The summed E-state index contributed by atoms with van der Waals surface area (Å²) in [4.78, 5) is 25.3. The van der Waals surface area contributed by atoms with Crippen LogP contribution in [-0.4, -0.2) is 40.8 Å². The van der Waals surface area contributed by atoms with Crippen LogP contribution in [0.15, 0.2) is 24.3 Å². The molecular weight excluding hydrogens is 296 g/mol. The molecule has 0 saturated carbocycles. The van der Waals surface area contributed by atoms with Gasteiger partial charge in [0.1, 0.15) is 0 Å². The van der Waals surface area contributed by atoms with Gasteiger partial charge in [-0.3, -0.25) is 9.59 Å². The number of thioether (sulfide) groups is 1. The van der Waals surface area contributed by atoms with Crippen LogP contribution in [0.1, 0.15) is 31.4 Å². The summed E-state index contributed by atoms with van der Waals surface area (Å²) in [7, 11) is 0. The third-order valence-electron chi connectivity index (χ3n) is 3.85. The number of fused-ring (bicyclic) bond motifs is 1. The summed E-state index contributed by atoms with van der Waals surface area (Å²) < 4.78 is 0. The zero-order valence-corrected chi connectivity index (χ0v) is 14.1. The molecule has 1 aromatic carbocycles. The van der Waals surface area contributed by atoms with Gasteiger partial charge in [-0.25, -0.2) is 0 Å². The predicted molar refractivity (Wildman–Crippen MR) is 90.8 cm³/mol. The first-order chi connectivity index (χ1) is 10.6. The van der Waals surface area contributed by atoms with Crippen molar-refractivity contribution in [1.29, 1.82) is 0 Å². The van der Waals surface area contributed by atoms with E-state index in [1.54, 1.807) is 11.8 Å². The number of hydrogen-bond acceptors (Lipinski definition) is 3. The van der Waals surface area contributed by atoms with E-state index in [-0.39, 0.29) is 17.1 Å². The second-order valence-corrected chi connectivity index (χ2v) is 7.08. The van der Waals surface area contributed by atoms with Gasteiger partial charge < -0.3 is 10.2 Å². The van der Waals surface area contributed by atoms with E-state index in [2.05, 4.69) is 23.5 Å². The molecule has 2 amide bonds. The minimum Gasteiger partial charge on any atom is -0.356 e. The van der Waals surface area contributed by atoms with Gasteiger partial charge in [-0.1, -0.05) is 24.3 Å². The molecule has 0 spiro atoms. The fourth-order valence-corrected chi connectivity index (χ4v) is 3.57. The van der Waals surface area contributed by atoms with Crippen LogP contribution in [0.2, 0.25) is 0 Å². The lowest BCUT2D eigenvalue weighted by atomic mass is 10.00. The minimum atomic E-state index is -0.0254. The van der Waals surface area contributed by atoms with Crippen LogP contribution in [-0.2, 0) is 22.6 Å². The average molecular weight is 320 g/mol. The molecular formula is C17H24N2O2S. The fraction of sp³-hybridized carbons (Fsp3) is 0.529. The molecule has 1 aromatic rings. The van der Waals surface area contributed by atoms with Gasteiger partial charge in [0.25, 0.3) is 0 Å². The number of rotatable bonds is 6. The van der Waals surface area contributed by atoms with Crippen LogP contribution in [0, 0.1) is 0 Å². The molecule has 0 radical (unpaired) electrons. The second-order valence-electron chi connectivity index (χ2n) is 5.63. The number of nitrogens with one attached hydrogen (secondary N) is 1. The molecule has 1 heterocycles. The third-order valence-corrected chi connectivity index (χ3v) is 5.08. The van der Waals surface area contributed by atoms with E-state index in [1.807, 2.05) is 17.9 Å². The van der Waals surface area contributed by atoms with Crippen molar-refractivity contribution in [3.63, 3.8) is 0 Å². The van der Waals surface area contributed by atoms with Crippen molar-refractivity contribution < 1.29 is 9.59 Å². The molecule has 2 rings (SSSR count). The summed E-state index contributed by atoms with van der Waals surface area (Å²) in [6.07, 6.45) is 1.84. The maximum absolute atomic E-state index is 12.5. The summed E-state index contributed by atoms with van der Waals surface area (Å²) in [5.74, 6) is 1.11. The second kappa shape index (κ2) is 8.22. The lowest BCUT2D eigenvalue weighted by Gasteiger charge is -2.30. The first-order valence-electron chi connectivity index (χ1n) is 7.79. The van der Waals surface area contributed by atoms with E-state index < -0.39 is 0 Å². The quantitative estimate of drug-likeness (QED) is 0.818. The van der Waals surface area contributed by atoms with Crippen LogP contribution >= 0.6 is 11.8 Å². The van der Waals surface area contributed by atoms with Gasteiger partial charge in [0, 0.05) is 26.6 Å². The van der Waals surface area contributed by atoms with Crippen LogP contribution in [0.25, 0.3) is 0 Å². The molecule has 0 unspecified atom stereocenters. The summed E-state index contributed by atoms with van der Waals surface area (Å²) in [6.45, 7) is 5.72. The molecule has 0 bridgehead atoms. The van der Waals surface area contributed by atoms with Crippen molar-refractivity contribution in [1.82, 2.24) is 10.2 Å². The average Bonchev–Trinajstić information content (AvgIpc) is 2.52. The van der Waals surface area contributed by atoms with E-state index >= 15 is 0 Å². The van der Waals surface area contributed by atoms with E-state index in [1.165, 1.54) is 18.1 Å². The number of nitrogens with zero attached hydrogens (tertiary/aromatic N) is 1. The molecule has 0 saturated heterocycles. The summed E-state index contributed by atoms with van der Waals surface area (Å²) in [6, 6.07) is 8.36. The third kappa shape index (κ3) is 4.77. The van der Waals surface area contributed by atoms with Crippen LogP contribution < -0.4 is 5.32 Å². The Balaban J connectivity index is 1.76. The predicted octanol–water partition coefficient (Wildman–Crippen LogP) is 2.22. The maximum Gasteiger partial charge on any atom is 0.235 e. The number of benzene rings is 1. The van der Waals surface area contributed by atoms with Crippen molar-refractivity contribution >= 4 is 23.6 Å². The topological polar surface area (TPSA) is 49.4 Å². The van der Waals surface area contributed by atoms with Gasteiger partial charge >= 0.3 is 0 Å². The molecule has 4 nitrogen and oxygen atoms in total. The Morgan fingerprint density at radius 3 is 2.77 bits per heavy atom. The first-order valence-corrected chi connectivity index (χ1v) is 8.84. The van der Waals surface area contributed by atoms with Gasteiger partial charge in [-0.05, 0) is 36.6 Å². The lowest BCUT2D eigenvalue weighted by Crippen LogP contribution is -2.40. The number of amides is 2. The van der Waals surface area contributed by atoms with Crippen LogP contribution in [0.3, 0.4) is 0 Å². The standard InChI is InChI=1S/C17H24N2O2S/c1-13(22-11-5-9-18-14(2)20)17(21)19-10-8-15-6-3-4-7-16(15)12-19/h3-4,6-7,13H,5,8-12H2,1-2H3,(H,18,20)/t13-/m1/s1. The van der Waals surface area contributed by atoms with Gasteiger partial charge in [0.15, 0.2) is 0 Å². The highest BCUT2D eigenvalue weighted by molar-refractivity contribution is 8.00. The molecule has 120 valence electrons. The smallest absolute Gasteiger partial charge is 0.235 e. The van der Waals surface area contributed by atoms with E-state index in [0.29, 0.717) is 6.54 Å². The monoisotopic (exact) mass is 320 g/mol. The molecule has 0 aliphatic carbocycles. The van der Waals surface area contributed by atoms with Crippen molar-refractivity contribution in [2.75, 3.05) is 18.8 Å². The Morgan fingerprint density at radius 2 is 2.05 bits per heavy atom. The van der Waals surface area contributed by atoms with Crippen molar-refractivity contribution in [2.24, 2.45) is 0 Å². The highest BCUT2D eigenvalue weighted by Crippen LogP contribution is 2.22. The van der Waals surface area contributed by atoms with Gasteiger partial charge in [-0.15, -0.1) is 11.8 Å². The van der Waals surface area contributed by atoms with Crippen molar-refractivity contribution in [3.8, 4) is 0 Å². The Bertz CT molecular complexity index is 533. The molecule has 22 heavy (non-hydrogen) atoms. The van der Waals surface area contributed by atoms with Crippen molar-refractivity contribution in [2.45, 2.75) is 38.5 Å². The van der Waals surface area contributed by atoms with Gasteiger partial charge in [-0.2, -0.15) is 0 Å². The highest BCUT2D eigenvalue weighted by Gasteiger charge is 2.24. The van der Waals surface area contributed by atoms with Crippen molar-refractivity contribution in [3.05, 3.63) is 35.4 Å². The summed E-state index contributed by atoms with van der Waals surface area (Å²) in [5, 5.41) is 2.75. The van der Waals surface area contributed by atoms with E-state index in [9.17, 15) is 9.59 Å². The Morgan fingerprint density at radius 1 is 1.32 bits per heavy atom. The zero-order chi connectivity index (χ0) is 15.9. The SMILES string of the molecule is CC(=O)NCCCS[C@H](C)C(=O)N1CCc2ccccc2C1. The van der Waals surface area contributed by atoms with E-state index in [4.69, 9.17) is 0 Å². The normalized spacial score (nSPS) is 15.1. The molecule has 1 aliphatic heterocycles. The lowest BCUT2D eigenvalue weighted by molar-refractivity contribution is -0.131. The largest absolute Gasteiger partial charge is 0.356 e. The molecule has 0 aromatic heterocycles. The summed E-state index contributed by atoms with van der Waals surface area (Å²) in [5.41, 5.74) is 2.63. The number of carbonyl (C=O) groups is 2. The van der Waals surface area contributed by atoms with Crippen LogP contribution in [0.5, 0.6) is 0 Å². The fourth-order valence-electron chi connectivity index (χ4n) is 2.61.